The van der Waals surface area contributed by atoms with Crippen LogP contribution in [0, 0.1) is 10.1 Å². The van der Waals surface area contributed by atoms with E-state index < -0.39 is 4.92 Å². The summed E-state index contributed by atoms with van der Waals surface area (Å²) in [7, 11) is 1.42. The lowest BCUT2D eigenvalue weighted by Gasteiger charge is -2.06. The highest BCUT2D eigenvalue weighted by atomic mass is 79.9. The van der Waals surface area contributed by atoms with Gasteiger partial charge < -0.3 is 4.74 Å². The predicted molar refractivity (Wildman–Crippen MR) is 60.0 cm³/mol. The van der Waals surface area contributed by atoms with Crippen molar-refractivity contribution in [2.45, 2.75) is 5.33 Å². The smallest absolute Gasteiger partial charge is 0.312 e. The molecule has 0 saturated carbocycles. The van der Waals surface area contributed by atoms with Gasteiger partial charge in [-0.25, -0.2) is 0 Å². The minimum absolute atomic E-state index is 0.0312. The first kappa shape index (κ1) is 11.5. The Morgan fingerprint density at radius 2 is 2.21 bits per heavy atom. The summed E-state index contributed by atoms with van der Waals surface area (Å²) >= 11 is 6.45. The molecule has 0 fully saturated rings. The van der Waals surface area contributed by atoms with E-state index in [9.17, 15) is 10.1 Å². The third kappa shape index (κ3) is 2.24. The van der Waals surface area contributed by atoms with Crippen molar-refractivity contribution in [3.05, 3.63) is 32.3 Å². The first-order valence-electron chi connectivity index (χ1n) is 3.67. The minimum atomic E-state index is -0.463. The summed E-state index contributed by atoms with van der Waals surface area (Å²) in [4.78, 5) is 10.2. The fourth-order valence-corrected chi connectivity index (χ4v) is 2.01. The summed E-state index contributed by atoms with van der Waals surface area (Å²) in [5.41, 5.74) is 0.713. The molecule has 1 rings (SSSR count). The van der Waals surface area contributed by atoms with Crippen LogP contribution >= 0.6 is 31.9 Å². The largest absolute Gasteiger partial charge is 0.490 e. The van der Waals surface area contributed by atoms with Crippen molar-refractivity contribution >= 4 is 37.5 Å². The van der Waals surface area contributed by atoms with Gasteiger partial charge in [-0.1, -0.05) is 31.9 Å². The zero-order valence-corrected chi connectivity index (χ0v) is 10.5. The van der Waals surface area contributed by atoms with Gasteiger partial charge in [0.25, 0.3) is 0 Å². The number of ether oxygens (including phenoxy) is 1. The van der Waals surface area contributed by atoms with Gasteiger partial charge in [0.05, 0.1) is 12.0 Å². The SMILES string of the molecule is COc1c(CBr)cc(Br)cc1[N+](=O)[O-]. The summed E-state index contributed by atoms with van der Waals surface area (Å²) in [6, 6.07) is 3.20. The molecule has 0 saturated heterocycles. The molecule has 1 aromatic rings. The molecule has 0 bridgehead atoms. The molecule has 0 N–H and O–H groups in total. The Labute approximate surface area is 97.7 Å². The third-order valence-corrected chi connectivity index (χ3v) is 2.72. The highest BCUT2D eigenvalue weighted by Crippen LogP contribution is 2.35. The van der Waals surface area contributed by atoms with E-state index >= 15 is 0 Å². The van der Waals surface area contributed by atoms with Crippen LogP contribution in [0.3, 0.4) is 0 Å². The molecular weight excluding hydrogens is 318 g/mol. The van der Waals surface area contributed by atoms with E-state index in [1.807, 2.05) is 0 Å². The van der Waals surface area contributed by atoms with Gasteiger partial charge in [0.1, 0.15) is 0 Å². The van der Waals surface area contributed by atoms with Crippen LogP contribution in [0.15, 0.2) is 16.6 Å². The second kappa shape index (κ2) is 4.75. The molecule has 0 aliphatic carbocycles. The molecule has 6 heteroatoms. The molecule has 0 radical (unpaired) electrons. The zero-order chi connectivity index (χ0) is 10.7. The van der Waals surface area contributed by atoms with Crippen LogP contribution in [0.25, 0.3) is 0 Å². The van der Waals surface area contributed by atoms with Crippen molar-refractivity contribution in [2.24, 2.45) is 0 Å². The fourth-order valence-electron chi connectivity index (χ4n) is 1.10. The lowest BCUT2D eigenvalue weighted by atomic mass is 10.2. The molecule has 0 atom stereocenters. The van der Waals surface area contributed by atoms with E-state index in [0.29, 0.717) is 15.6 Å². The topological polar surface area (TPSA) is 52.4 Å². The molecule has 0 heterocycles. The molecule has 0 spiro atoms. The average molecular weight is 325 g/mol. The normalized spacial score (nSPS) is 9.93. The Kier molecular flexibility index (Phi) is 3.88. The maximum absolute atomic E-state index is 10.7. The molecule has 0 aromatic heterocycles. The van der Waals surface area contributed by atoms with E-state index in [4.69, 9.17) is 4.74 Å². The highest BCUT2D eigenvalue weighted by Gasteiger charge is 2.19. The lowest BCUT2D eigenvalue weighted by Crippen LogP contribution is -1.97. The third-order valence-electron chi connectivity index (χ3n) is 1.66. The Morgan fingerprint density at radius 1 is 1.57 bits per heavy atom. The number of methoxy groups -OCH3 is 1. The zero-order valence-electron chi connectivity index (χ0n) is 7.29. The van der Waals surface area contributed by atoms with Crippen LogP contribution in [0.4, 0.5) is 5.69 Å². The number of hydrogen-bond donors (Lipinski definition) is 0. The average Bonchev–Trinajstić information content (AvgIpc) is 2.16. The molecule has 1 aromatic carbocycles. The summed E-state index contributed by atoms with van der Waals surface area (Å²) in [5, 5.41) is 11.2. The van der Waals surface area contributed by atoms with Gasteiger partial charge in [-0.3, -0.25) is 10.1 Å². The van der Waals surface area contributed by atoms with Crippen molar-refractivity contribution in [1.29, 1.82) is 0 Å². The van der Waals surface area contributed by atoms with Crippen molar-refractivity contribution in [3.8, 4) is 5.75 Å². The summed E-state index contributed by atoms with van der Waals surface area (Å²) in [6.45, 7) is 0. The number of benzene rings is 1. The van der Waals surface area contributed by atoms with E-state index in [1.54, 1.807) is 6.07 Å². The molecule has 0 amide bonds. The van der Waals surface area contributed by atoms with Crippen molar-refractivity contribution in [1.82, 2.24) is 0 Å². The Balaban J connectivity index is 3.39. The summed E-state index contributed by atoms with van der Waals surface area (Å²) < 4.78 is 5.66. The van der Waals surface area contributed by atoms with Crippen molar-refractivity contribution < 1.29 is 9.66 Å². The van der Waals surface area contributed by atoms with Gasteiger partial charge >= 0.3 is 5.69 Å². The van der Waals surface area contributed by atoms with Gasteiger partial charge in [-0.15, -0.1) is 0 Å². The molecule has 0 aliphatic heterocycles. The maximum atomic E-state index is 10.7. The number of alkyl halides is 1. The minimum Gasteiger partial charge on any atom is -0.490 e. The van der Waals surface area contributed by atoms with Gasteiger partial charge in [0.15, 0.2) is 0 Å². The molecule has 14 heavy (non-hydrogen) atoms. The van der Waals surface area contributed by atoms with E-state index in [0.717, 1.165) is 5.56 Å². The number of hydrogen-bond acceptors (Lipinski definition) is 3. The summed E-state index contributed by atoms with van der Waals surface area (Å²) in [5.74, 6) is 0.301. The van der Waals surface area contributed by atoms with Gasteiger partial charge in [-0.2, -0.15) is 0 Å². The second-order valence-electron chi connectivity index (χ2n) is 2.51. The number of nitro benzene ring substituents is 1. The number of nitro groups is 1. The van der Waals surface area contributed by atoms with Crippen molar-refractivity contribution in [2.75, 3.05) is 7.11 Å². The van der Waals surface area contributed by atoms with Crippen LogP contribution < -0.4 is 4.74 Å². The summed E-state index contributed by atoms with van der Waals surface area (Å²) in [6.07, 6.45) is 0. The fraction of sp³-hybridized carbons (Fsp3) is 0.250. The monoisotopic (exact) mass is 323 g/mol. The van der Waals surface area contributed by atoms with Crippen LogP contribution in [0.1, 0.15) is 5.56 Å². The van der Waals surface area contributed by atoms with Crippen molar-refractivity contribution in [3.63, 3.8) is 0 Å². The van der Waals surface area contributed by atoms with Gasteiger partial charge in [-0.05, 0) is 6.07 Å². The molecular formula is C8H7Br2NO3. The molecule has 4 nitrogen and oxygen atoms in total. The van der Waals surface area contributed by atoms with E-state index in [2.05, 4.69) is 31.9 Å². The highest BCUT2D eigenvalue weighted by molar-refractivity contribution is 9.10. The quantitative estimate of drug-likeness (QED) is 0.487. The van der Waals surface area contributed by atoms with Crippen LogP contribution in [-0.4, -0.2) is 12.0 Å². The van der Waals surface area contributed by atoms with Gasteiger partial charge in [0, 0.05) is 21.4 Å². The first-order chi connectivity index (χ1) is 6.60. The Bertz CT molecular complexity index is 368. The number of halogens is 2. The number of nitrogens with zero attached hydrogens (tertiary/aromatic N) is 1. The van der Waals surface area contributed by atoms with E-state index in [-0.39, 0.29) is 5.69 Å². The predicted octanol–water partition coefficient (Wildman–Crippen LogP) is 3.26. The number of rotatable bonds is 3. The molecule has 76 valence electrons. The Hall–Kier alpha value is -0.620. The van der Waals surface area contributed by atoms with Crippen LogP contribution in [0.2, 0.25) is 0 Å². The molecule has 0 aliphatic rings. The molecule has 0 unspecified atom stereocenters. The maximum Gasteiger partial charge on any atom is 0.312 e. The second-order valence-corrected chi connectivity index (χ2v) is 3.98. The van der Waals surface area contributed by atoms with Crippen LogP contribution in [-0.2, 0) is 5.33 Å². The lowest BCUT2D eigenvalue weighted by molar-refractivity contribution is -0.385. The Morgan fingerprint density at radius 3 is 2.64 bits per heavy atom. The first-order valence-corrected chi connectivity index (χ1v) is 5.58. The van der Waals surface area contributed by atoms with E-state index in [1.165, 1.54) is 13.2 Å². The van der Waals surface area contributed by atoms with Gasteiger partial charge in [0.2, 0.25) is 5.75 Å². The standard InChI is InChI=1S/C8H7Br2NO3/c1-14-8-5(4-9)2-6(10)3-7(8)11(12)13/h2-3H,4H2,1H3. The van der Waals surface area contributed by atoms with Crippen LogP contribution in [0.5, 0.6) is 5.75 Å².